The molecule has 1 N–H and O–H groups in total. The fourth-order valence-electron chi connectivity index (χ4n) is 4.13. The number of likely N-dealkylation sites (tertiary alicyclic amines) is 1. The van der Waals surface area contributed by atoms with Gasteiger partial charge >= 0.3 is 0 Å². The average molecular weight is 276 g/mol. The molecule has 3 heteroatoms. The van der Waals surface area contributed by atoms with Crippen LogP contribution in [0.15, 0.2) is 10.5 Å². The topological polar surface area (TPSA) is 28.4 Å². The summed E-state index contributed by atoms with van der Waals surface area (Å²) in [6.45, 7) is 5.24. The highest BCUT2D eigenvalue weighted by Gasteiger charge is 2.33. The standard InChI is InChI=1S/C17H28N2O/c1-13-10-15(20-17(13)11-18-2)12-19-9-5-8-16(19)14-6-3-4-7-14/h10,14,16,18H,3-9,11-12H2,1-2H3. The van der Waals surface area contributed by atoms with E-state index in [1.54, 1.807) is 0 Å². The van der Waals surface area contributed by atoms with E-state index >= 15 is 0 Å². The molecule has 1 aromatic heterocycles. The highest BCUT2D eigenvalue weighted by molar-refractivity contribution is 5.20. The Labute approximate surface area is 122 Å². The van der Waals surface area contributed by atoms with Gasteiger partial charge in [-0.3, -0.25) is 4.90 Å². The molecular weight excluding hydrogens is 248 g/mol. The molecule has 1 saturated carbocycles. The molecule has 1 atom stereocenters. The van der Waals surface area contributed by atoms with Crippen LogP contribution in [0.3, 0.4) is 0 Å². The first-order valence-corrected chi connectivity index (χ1v) is 8.24. The van der Waals surface area contributed by atoms with Gasteiger partial charge in [0.15, 0.2) is 0 Å². The smallest absolute Gasteiger partial charge is 0.120 e. The van der Waals surface area contributed by atoms with Crippen molar-refractivity contribution in [1.29, 1.82) is 0 Å². The number of aryl methyl sites for hydroxylation is 1. The number of nitrogens with one attached hydrogen (secondary N) is 1. The van der Waals surface area contributed by atoms with E-state index in [-0.39, 0.29) is 0 Å². The van der Waals surface area contributed by atoms with E-state index in [4.69, 9.17) is 4.42 Å². The molecule has 1 aliphatic carbocycles. The monoisotopic (exact) mass is 276 g/mol. The molecule has 2 aliphatic rings. The van der Waals surface area contributed by atoms with E-state index in [0.29, 0.717) is 0 Å². The summed E-state index contributed by atoms with van der Waals surface area (Å²) < 4.78 is 6.02. The second-order valence-electron chi connectivity index (χ2n) is 6.57. The lowest BCUT2D eigenvalue weighted by Crippen LogP contribution is -2.34. The summed E-state index contributed by atoms with van der Waals surface area (Å²) in [5.41, 5.74) is 1.28. The number of nitrogens with zero attached hydrogens (tertiary/aromatic N) is 1. The zero-order valence-corrected chi connectivity index (χ0v) is 13.0. The van der Waals surface area contributed by atoms with Crippen molar-refractivity contribution in [2.24, 2.45) is 5.92 Å². The minimum absolute atomic E-state index is 0.815. The molecular formula is C17H28N2O. The Hall–Kier alpha value is -0.800. The quantitative estimate of drug-likeness (QED) is 0.892. The number of furan rings is 1. The predicted octanol–water partition coefficient (Wildman–Crippen LogP) is 3.46. The predicted molar refractivity (Wildman–Crippen MR) is 81.6 cm³/mol. The Morgan fingerprint density at radius 3 is 2.80 bits per heavy atom. The third-order valence-electron chi connectivity index (χ3n) is 5.13. The van der Waals surface area contributed by atoms with Gasteiger partial charge in [0.2, 0.25) is 0 Å². The Morgan fingerprint density at radius 2 is 2.05 bits per heavy atom. The first-order valence-electron chi connectivity index (χ1n) is 8.24. The van der Waals surface area contributed by atoms with Crippen molar-refractivity contribution in [1.82, 2.24) is 10.2 Å². The van der Waals surface area contributed by atoms with Gasteiger partial charge in [-0.1, -0.05) is 12.8 Å². The number of hydrogen-bond acceptors (Lipinski definition) is 3. The third kappa shape index (κ3) is 2.94. The summed E-state index contributed by atoms with van der Waals surface area (Å²) >= 11 is 0. The largest absolute Gasteiger partial charge is 0.463 e. The zero-order chi connectivity index (χ0) is 13.9. The molecule has 20 heavy (non-hydrogen) atoms. The minimum atomic E-state index is 0.815. The summed E-state index contributed by atoms with van der Waals surface area (Å²) in [4.78, 5) is 2.68. The first-order chi connectivity index (χ1) is 9.78. The molecule has 0 spiro atoms. The van der Waals surface area contributed by atoms with Gasteiger partial charge in [0.1, 0.15) is 11.5 Å². The van der Waals surface area contributed by atoms with Crippen molar-refractivity contribution in [3.63, 3.8) is 0 Å². The lowest BCUT2D eigenvalue weighted by molar-refractivity contribution is 0.170. The van der Waals surface area contributed by atoms with Crippen LogP contribution in [0.1, 0.15) is 55.6 Å². The second kappa shape index (κ2) is 6.31. The summed E-state index contributed by atoms with van der Waals surface area (Å²) in [6.07, 6.45) is 8.55. The van der Waals surface area contributed by atoms with Gasteiger partial charge in [0, 0.05) is 6.04 Å². The van der Waals surface area contributed by atoms with Crippen LogP contribution in [0.5, 0.6) is 0 Å². The SMILES string of the molecule is CNCc1oc(CN2CCCC2C2CCCC2)cc1C. The van der Waals surface area contributed by atoms with Gasteiger partial charge < -0.3 is 9.73 Å². The van der Waals surface area contributed by atoms with Gasteiger partial charge in [0.05, 0.1) is 13.1 Å². The van der Waals surface area contributed by atoms with E-state index in [0.717, 1.165) is 36.6 Å². The lowest BCUT2D eigenvalue weighted by Gasteiger charge is -2.28. The van der Waals surface area contributed by atoms with Crippen LogP contribution in [0.2, 0.25) is 0 Å². The van der Waals surface area contributed by atoms with Crippen molar-refractivity contribution in [3.05, 3.63) is 23.2 Å². The van der Waals surface area contributed by atoms with Gasteiger partial charge in [-0.15, -0.1) is 0 Å². The fraction of sp³-hybridized carbons (Fsp3) is 0.765. The molecule has 112 valence electrons. The maximum Gasteiger partial charge on any atom is 0.120 e. The Bertz CT molecular complexity index is 434. The van der Waals surface area contributed by atoms with Gasteiger partial charge in [-0.25, -0.2) is 0 Å². The zero-order valence-electron chi connectivity index (χ0n) is 13.0. The van der Waals surface area contributed by atoms with Crippen molar-refractivity contribution in [2.45, 2.75) is 64.6 Å². The second-order valence-corrected chi connectivity index (χ2v) is 6.57. The van der Waals surface area contributed by atoms with Crippen LogP contribution in [-0.2, 0) is 13.1 Å². The van der Waals surface area contributed by atoms with E-state index in [2.05, 4.69) is 23.2 Å². The maximum atomic E-state index is 6.02. The summed E-state index contributed by atoms with van der Waals surface area (Å²) in [6, 6.07) is 3.05. The Balaban J connectivity index is 1.65. The van der Waals surface area contributed by atoms with Crippen molar-refractivity contribution >= 4 is 0 Å². The first kappa shape index (κ1) is 14.2. The van der Waals surface area contributed by atoms with Gasteiger partial charge in [-0.2, -0.15) is 0 Å². The highest BCUT2D eigenvalue weighted by Crippen LogP contribution is 2.36. The summed E-state index contributed by atoms with van der Waals surface area (Å²) in [5.74, 6) is 3.20. The average Bonchev–Trinajstić information content (AvgIpc) is 3.12. The number of hydrogen-bond donors (Lipinski definition) is 1. The van der Waals surface area contributed by atoms with Crippen LogP contribution in [0, 0.1) is 12.8 Å². The molecule has 1 saturated heterocycles. The van der Waals surface area contributed by atoms with Gasteiger partial charge in [-0.05, 0) is 63.7 Å². The molecule has 2 fully saturated rings. The molecule has 0 aromatic carbocycles. The van der Waals surface area contributed by atoms with Crippen molar-refractivity contribution < 1.29 is 4.42 Å². The van der Waals surface area contributed by atoms with E-state index in [1.165, 1.54) is 50.6 Å². The molecule has 1 unspecified atom stereocenters. The fourth-order valence-corrected chi connectivity index (χ4v) is 4.13. The van der Waals surface area contributed by atoms with Crippen LogP contribution in [0.25, 0.3) is 0 Å². The molecule has 2 heterocycles. The molecule has 0 amide bonds. The van der Waals surface area contributed by atoms with E-state index in [1.807, 2.05) is 7.05 Å². The summed E-state index contributed by atoms with van der Waals surface area (Å²) in [5, 5.41) is 3.18. The molecule has 3 nitrogen and oxygen atoms in total. The molecule has 0 radical (unpaired) electrons. The molecule has 3 rings (SSSR count). The van der Waals surface area contributed by atoms with Crippen LogP contribution < -0.4 is 5.32 Å². The third-order valence-corrected chi connectivity index (χ3v) is 5.13. The molecule has 1 aromatic rings. The Morgan fingerprint density at radius 1 is 1.25 bits per heavy atom. The van der Waals surface area contributed by atoms with Crippen molar-refractivity contribution in [2.75, 3.05) is 13.6 Å². The normalized spacial score (nSPS) is 24.8. The highest BCUT2D eigenvalue weighted by atomic mass is 16.3. The minimum Gasteiger partial charge on any atom is -0.463 e. The van der Waals surface area contributed by atoms with Crippen molar-refractivity contribution in [3.8, 4) is 0 Å². The van der Waals surface area contributed by atoms with Crippen LogP contribution in [-0.4, -0.2) is 24.5 Å². The lowest BCUT2D eigenvalue weighted by atomic mass is 9.96. The molecule has 0 bridgehead atoms. The van der Waals surface area contributed by atoms with Crippen LogP contribution >= 0.6 is 0 Å². The van der Waals surface area contributed by atoms with E-state index < -0.39 is 0 Å². The maximum absolute atomic E-state index is 6.02. The summed E-state index contributed by atoms with van der Waals surface area (Å²) in [7, 11) is 1.97. The van der Waals surface area contributed by atoms with Gasteiger partial charge in [0.25, 0.3) is 0 Å². The number of rotatable bonds is 5. The molecule has 1 aliphatic heterocycles. The van der Waals surface area contributed by atoms with E-state index in [9.17, 15) is 0 Å². The Kier molecular flexibility index (Phi) is 4.47. The van der Waals surface area contributed by atoms with Crippen LogP contribution in [0.4, 0.5) is 0 Å².